The summed E-state index contributed by atoms with van der Waals surface area (Å²) in [4.78, 5) is 17.6. The van der Waals surface area contributed by atoms with Gasteiger partial charge in [-0.1, -0.05) is 13.8 Å². The number of nitrogens with one attached hydrogen (secondary N) is 1. The standard InChI is InChI=1S/C18H26N6O/c1-3-9-23-16(12-7-8-12)13(11-19-23)18(25)20-14-6-5-10-24-17(14)21-15(4-2)22-24/h11-12,14H,3-10H2,1-2H3,(H,20,25). The largest absolute Gasteiger partial charge is 0.342 e. The Kier molecular flexibility index (Phi) is 4.31. The Morgan fingerprint density at radius 2 is 2.16 bits per heavy atom. The number of nitrogens with zero attached hydrogens (tertiary/aromatic N) is 5. The van der Waals surface area contributed by atoms with Gasteiger partial charge < -0.3 is 5.32 Å². The highest BCUT2D eigenvalue weighted by Crippen LogP contribution is 2.41. The molecule has 0 radical (unpaired) electrons. The molecule has 4 rings (SSSR count). The molecule has 0 spiro atoms. The van der Waals surface area contributed by atoms with Gasteiger partial charge in [-0.3, -0.25) is 9.48 Å². The number of aromatic nitrogens is 5. The average molecular weight is 342 g/mol. The summed E-state index contributed by atoms with van der Waals surface area (Å²) in [5, 5.41) is 12.2. The third kappa shape index (κ3) is 3.07. The minimum absolute atomic E-state index is 0.0243. The minimum atomic E-state index is -0.0596. The van der Waals surface area contributed by atoms with E-state index in [1.165, 1.54) is 0 Å². The molecule has 25 heavy (non-hydrogen) atoms. The molecule has 3 heterocycles. The zero-order valence-electron chi connectivity index (χ0n) is 15.0. The van der Waals surface area contributed by atoms with E-state index in [0.29, 0.717) is 5.92 Å². The van der Waals surface area contributed by atoms with Crippen LogP contribution < -0.4 is 5.32 Å². The van der Waals surface area contributed by atoms with E-state index in [9.17, 15) is 4.79 Å². The van der Waals surface area contributed by atoms with Crippen molar-refractivity contribution in [1.29, 1.82) is 0 Å². The Morgan fingerprint density at radius 3 is 2.88 bits per heavy atom. The highest BCUT2D eigenvalue weighted by molar-refractivity contribution is 5.95. The van der Waals surface area contributed by atoms with Crippen LogP contribution in [0.25, 0.3) is 0 Å². The van der Waals surface area contributed by atoms with E-state index in [0.717, 1.165) is 74.5 Å². The van der Waals surface area contributed by atoms with Gasteiger partial charge in [-0.15, -0.1) is 0 Å². The van der Waals surface area contributed by atoms with Crippen LogP contribution in [0.4, 0.5) is 0 Å². The first-order valence-electron chi connectivity index (χ1n) is 9.51. The van der Waals surface area contributed by atoms with Crippen molar-refractivity contribution < 1.29 is 4.79 Å². The normalized spacial score (nSPS) is 19.7. The number of aryl methyl sites for hydroxylation is 3. The van der Waals surface area contributed by atoms with Crippen LogP contribution in [0, 0.1) is 0 Å². The summed E-state index contributed by atoms with van der Waals surface area (Å²) in [7, 11) is 0. The predicted molar refractivity (Wildman–Crippen MR) is 93.3 cm³/mol. The summed E-state index contributed by atoms with van der Waals surface area (Å²) in [6.45, 7) is 5.95. The number of carbonyl (C=O) groups is 1. The highest BCUT2D eigenvalue weighted by Gasteiger charge is 2.33. The van der Waals surface area contributed by atoms with Crippen LogP contribution in [-0.2, 0) is 19.5 Å². The van der Waals surface area contributed by atoms with E-state index in [1.54, 1.807) is 6.20 Å². The summed E-state index contributed by atoms with van der Waals surface area (Å²) in [5.41, 5.74) is 1.86. The van der Waals surface area contributed by atoms with Crippen LogP contribution in [0.1, 0.15) is 85.6 Å². The van der Waals surface area contributed by atoms with Gasteiger partial charge in [0.15, 0.2) is 5.82 Å². The second-order valence-corrected chi connectivity index (χ2v) is 7.07. The molecule has 1 amide bonds. The molecule has 7 nitrogen and oxygen atoms in total. The topological polar surface area (TPSA) is 77.6 Å². The number of rotatable bonds is 6. The van der Waals surface area contributed by atoms with E-state index in [1.807, 2.05) is 9.36 Å². The second-order valence-electron chi connectivity index (χ2n) is 7.07. The first-order chi connectivity index (χ1) is 12.2. The number of amides is 1. The van der Waals surface area contributed by atoms with Crippen molar-refractivity contribution in [3.05, 3.63) is 29.1 Å². The zero-order chi connectivity index (χ0) is 17.4. The van der Waals surface area contributed by atoms with Crippen LogP contribution in [0.3, 0.4) is 0 Å². The fourth-order valence-electron chi connectivity index (χ4n) is 3.67. The molecule has 1 unspecified atom stereocenters. The van der Waals surface area contributed by atoms with Crippen LogP contribution in [0.15, 0.2) is 6.20 Å². The van der Waals surface area contributed by atoms with E-state index in [4.69, 9.17) is 0 Å². The molecule has 0 bridgehead atoms. The Balaban J connectivity index is 1.56. The number of hydrogen-bond donors (Lipinski definition) is 1. The second kappa shape index (κ2) is 6.61. The summed E-state index contributed by atoms with van der Waals surface area (Å²) in [6.07, 6.45) is 7.82. The van der Waals surface area contributed by atoms with Gasteiger partial charge in [0.25, 0.3) is 5.91 Å². The van der Waals surface area contributed by atoms with Crippen LogP contribution in [0.2, 0.25) is 0 Å². The molecule has 2 aromatic heterocycles. The summed E-state index contributed by atoms with van der Waals surface area (Å²) >= 11 is 0. The fraction of sp³-hybridized carbons (Fsp3) is 0.667. The predicted octanol–water partition coefficient (Wildman–Crippen LogP) is 2.59. The molecule has 0 aromatic carbocycles. The lowest BCUT2D eigenvalue weighted by atomic mass is 10.1. The molecule has 1 N–H and O–H groups in total. The van der Waals surface area contributed by atoms with Gasteiger partial charge >= 0.3 is 0 Å². The van der Waals surface area contributed by atoms with Crippen molar-refractivity contribution in [3.63, 3.8) is 0 Å². The lowest BCUT2D eigenvalue weighted by molar-refractivity contribution is 0.0926. The van der Waals surface area contributed by atoms with Gasteiger partial charge in [0.05, 0.1) is 23.5 Å². The first-order valence-corrected chi connectivity index (χ1v) is 9.51. The summed E-state index contributed by atoms with van der Waals surface area (Å²) in [5.74, 6) is 2.22. The smallest absolute Gasteiger partial charge is 0.255 e. The highest BCUT2D eigenvalue weighted by atomic mass is 16.1. The summed E-state index contributed by atoms with van der Waals surface area (Å²) < 4.78 is 3.97. The SMILES string of the molecule is CCCn1ncc(C(=O)NC2CCCn3nc(CC)nc32)c1C1CC1. The fourth-order valence-corrected chi connectivity index (χ4v) is 3.67. The molecule has 7 heteroatoms. The van der Waals surface area contributed by atoms with Gasteiger partial charge in [0.1, 0.15) is 5.82 Å². The molecule has 1 aliphatic carbocycles. The van der Waals surface area contributed by atoms with Crippen LogP contribution >= 0.6 is 0 Å². The maximum atomic E-state index is 12.9. The number of fused-ring (bicyclic) bond motifs is 1. The van der Waals surface area contributed by atoms with Crippen molar-refractivity contribution in [1.82, 2.24) is 29.9 Å². The molecule has 1 atom stereocenters. The zero-order valence-corrected chi connectivity index (χ0v) is 15.0. The molecule has 1 fully saturated rings. The lowest BCUT2D eigenvalue weighted by Crippen LogP contribution is -2.33. The van der Waals surface area contributed by atoms with Crippen molar-refractivity contribution >= 4 is 5.91 Å². The van der Waals surface area contributed by atoms with E-state index >= 15 is 0 Å². The minimum Gasteiger partial charge on any atom is -0.342 e. The van der Waals surface area contributed by atoms with Gasteiger partial charge in [0.2, 0.25) is 0 Å². The van der Waals surface area contributed by atoms with Gasteiger partial charge in [-0.05, 0) is 32.1 Å². The molecule has 134 valence electrons. The van der Waals surface area contributed by atoms with Crippen molar-refractivity contribution in [3.8, 4) is 0 Å². The van der Waals surface area contributed by atoms with Crippen molar-refractivity contribution in [2.45, 2.75) is 77.4 Å². The van der Waals surface area contributed by atoms with Gasteiger partial charge in [-0.2, -0.15) is 10.2 Å². The van der Waals surface area contributed by atoms with Crippen molar-refractivity contribution in [2.24, 2.45) is 0 Å². The third-order valence-electron chi connectivity index (χ3n) is 5.06. The molecule has 2 aliphatic rings. The Labute approximate surface area is 147 Å². The van der Waals surface area contributed by atoms with Gasteiger partial charge in [0, 0.05) is 25.4 Å². The Hall–Kier alpha value is -2.18. The van der Waals surface area contributed by atoms with E-state index < -0.39 is 0 Å². The number of hydrogen-bond acceptors (Lipinski definition) is 4. The molecular formula is C18H26N6O. The van der Waals surface area contributed by atoms with Crippen LogP contribution in [0.5, 0.6) is 0 Å². The van der Waals surface area contributed by atoms with Gasteiger partial charge in [-0.25, -0.2) is 9.67 Å². The maximum absolute atomic E-state index is 12.9. The van der Waals surface area contributed by atoms with Crippen molar-refractivity contribution in [2.75, 3.05) is 0 Å². The molecule has 1 aliphatic heterocycles. The quantitative estimate of drug-likeness (QED) is 0.875. The van der Waals surface area contributed by atoms with E-state index in [-0.39, 0.29) is 11.9 Å². The first kappa shape index (κ1) is 16.3. The molecule has 0 saturated heterocycles. The van der Waals surface area contributed by atoms with Crippen LogP contribution in [-0.4, -0.2) is 30.5 Å². The lowest BCUT2D eigenvalue weighted by Gasteiger charge is -2.23. The summed E-state index contributed by atoms with van der Waals surface area (Å²) in [6, 6.07) is -0.0596. The molecule has 2 aromatic rings. The monoisotopic (exact) mass is 342 g/mol. The Bertz CT molecular complexity index is 773. The molecule has 1 saturated carbocycles. The average Bonchev–Trinajstić information content (AvgIpc) is 3.21. The maximum Gasteiger partial charge on any atom is 0.255 e. The Morgan fingerprint density at radius 1 is 1.32 bits per heavy atom. The number of carbonyl (C=O) groups excluding carboxylic acids is 1. The van der Waals surface area contributed by atoms with E-state index in [2.05, 4.69) is 34.3 Å². The molecular weight excluding hydrogens is 316 g/mol. The third-order valence-corrected chi connectivity index (χ3v) is 5.06.